The minimum absolute atomic E-state index is 0.973. The second-order valence-electron chi connectivity index (χ2n) is 6.20. The lowest BCUT2D eigenvalue weighted by molar-refractivity contribution is 0.111. The number of rotatable bonds is 8. The monoisotopic (exact) mass is 252 g/mol. The number of piperidine rings is 1. The highest BCUT2D eigenvalue weighted by Crippen LogP contribution is 2.36. The third kappa shape index (κ3) is 4.24. The van der Waals surface area contributed by atoms with Crippen molar-refractivity contribution in [2.45, 2.75) is 70.8 Å². The van der Waals surface area contributed by atoms with Crippen LogP contribution in [-0.4, -0.2) is 37.1 Å². The van der Waals surface area contributed by atoms with Gasteiger partial charge in [0.25, 0.3) is 0 Å². The number of hydrogen-bond acceptors (Lipinski definition) is 2. The lowest BCUT2D eigenvalue weighted by Gasteiger charge is -2.37. The van der Waals surface area contributed by atoms with Crippen LogP contribution in [0.4, 0.5) is 0 Å². The molecule has 0 aromatic heterocycles. The average Bonchev–Trinajstić information content (AvgIpc) is 2.86. The van der Waals surface area contributed by atoms with Gasteiger partial charge in [-0.15, -0.1) is 0 Å². The van der Waals surface area contributed by atoms with Crippen LogP contribution in [-0.2, 0) is 0 Å². The third-order valence-corrected chi connectivity index (χ3v) is 4.91. The zero-order valence-electron chi connectivity index (χ0n) is 12.3. The molecule has 0 amide bonds. The quantitative estimate of drug-likeness (QED) is 0.666. The van der Waals surface area contributed by atoms with Gasteiger partial charge in [0, 0.05) is 6.04 Å². The van der Waals surface area contributed by atoms with Gasteiger partial charge in [0.15, 0.2) is 0 Å². The van der Waals surface area contributed by atoms with Crippen LogP contribution in [0.1, 0.15) is 64.7 Å². The number of unbranched alkanes of at least 4 members (excludes halogenated alkanes) is 3. The van der Waals surface area contributed by atoms with Gasteiger partial charge >= 0.3 is 0 Å². The van der Waals surface area contributed by atoms with Crippen molar-refractivity contribution in [1.82, 2.24) is 10.2 Å². The first-order valence-electron chi connectivity index (χ1n) is 8.36. The summed E-state index contributed by atoms with van der Waals surface area (Å²) in [7, 11) is 0. The molecule has 2 atom stereocenters. The van der Waals surface area contributed by atoms with E-state index in [-0.39, 0.29) is 0 Å². The molecule has 1 saturated carbocycles. The summed E-state index contributed by atoms with van der Waals surface area (Å²) in [6, 6.07) is 0.973. The Morgan fingerprint density at radius 1 is 1.00 bits per heavy atom. The average molecular weight is 252 g/mol. The standard InChI is InChI=1S/C16H32N2/c1-2-17-12-5-3-4-6-13-18-14-8-10-15-9-7-11-16(15)18/h15-17H,2-14H2,1H3. The number of fused-ring (bicyclic) bond motifs is 1. The highest BCUT2D eigenvalue weighted by molar-refractivity contribution is 4.88. The molecule has 0 bridgehead atoms. The first kappa shape index (κ1) is 14.3. The van der Waals surface area contributed by atoms with Crippen LogP contribution in [0.25, 0.3) is 0 Å². The van der Waals surface area contributed by atoms with Crippen molar-refractivity contribution in [2.75, 3.05) is 26.2 Å². The summed E-state index contributed by atoms with van der Waals surface area (Å²) in [5.41, 5.74) is 0. The van der Waals surface area contributed by atoms with Gasteiger partial charge in [0.1, 0.15) is 0 Å². The molecule has 0 radical (unpaired) electrons. The van der Waals surface area contributed by atoms with Gasteiger partial charge in [-0.3, -0.25) is 0 Å². The normalized spacial score (nSPS) is 28.5. The molecule has 1 heterocycles. The van der Waals surface area contributed by atoms with E-state index in [0.29, 0.717) is 0 Å². The maximum absolute atomic E-state index is 3.41. The third-order valence-electron chi connectivity index (χ3n) is 4.91. The van der Waals surface area contributed by atoms with Crippen molar-refractivity contribution < 1.29 is 0 Å². The maximum Gasteiger partial charge on any atom is 0.0123 e. The van der Waals surface area contributed by atoms with Crippen LogP contribution in [0.2, 0.25) is 0 Å². The zero-order chi connectivity index (χ0) is 12.6. The van der Waals surface area contributed by atoms with Crippen molar-refractivity contribution >= 4 is 0 Å². The summed E-state index contributed by atoms with van der Waals surface area (Å²) >= 11 is 0. The highest BCUT2D eigenvalue weighted by Gasteiger charge is 2.34. The van der Waals surface area contributed by atoms with Gasteiger partial charge in [0.05, 0.1) is 0 Å². The SMILES string of the molecule is CCNCCCCCCN1CCCC2CCCC21. The molecule has 2 rings (SSSR count). The van der Waals surface area contributed by atoms with Crippen molar-refractivity contribution in [2.24, 2.45) is 5.92 Å². The smallest absolute Gasteiger partial charge is 0.0123 e. The van der Waals surface area contributed by atoms with Crippen LogP contribution >= 0.6 is 0 Å². The minimum atomic E-state index is 0.973. The second kappa shape index (κ2) is 8.16. The second-order valence-corrected chi connectivity index (χ2v) is 6.20. The fourth-order valence-corrected chi connectivity index (χ4v) is 3.93. The summed E-state index contributed by atoms with van der Waals surface area (Å²) in [6.07, 6.45) is 13.1. The van der Waals surface area contributed by atoms with Gasteiger partial charge in [-0.2, -0.15) is 0 Å². The summed E-state index contributed by atoms with van der Waals surface area (Å²) < 4.78 is 0. The lowest BCUT2D eigenvalue weighted by atomic mass is 9.92. The van der Waals surface area contributed by atoms with Crippen LogP contribution in [0.5, 0.6) is 0 Å². The van der Waals surface area contributed by atoms with E-state index < -0.39 is 0 Å². The van der Waals surface area contributed by atoms with Crippen LogP contribution in [0.3, 0.4) is 0 Å². The number of likely N-dealkylation sites (tertiary alicyclic amines) is 1. The minimum Gasteiger partial charge on any atom is -0.317 e. The molecule has 2 unspecified atom stereocenters. The molecule has 18 heavy (non-hydrogen) atoms. The van der Waals surface area contributed by atoms with E-state index in [2.05, 4.69) is 17.1 Å². The van der Waals surface area contributed by atoms with Gasteiger partial charge in [-0.1, -0.05) is 26.2 Å². The molecule has 1 saturated heterocycles. The molecule has 2 fully saturated rings. The van der Waals surface area contributed by atoms with Crippen molar-refractivity contribution in [3.63, 3.8) is 0 Å². The van der Waals surface area contributed by atoms with Gasteiger partial charge in [-0.05, 0) is 70.6 Å². The van der Waals surface area contributed by atoms with Crippen molar-refractivity contribution in [3.05, 3.63) is 0 Å². The number of nitrogens with one attached hydrogen (secondary N) is 1. The van der Waals surface area contributed by atoms with E-state index in [1.165, 1.54) is 77.4 Å². The maximum atomic E-state index is 3.41. The van der Waals surface area contributed by atoms with Crippen molar-refractivity contribution in [3.8, 4) is 0 Å². The first-order chi connectivity index (χ1) is 8.92. The van der Waals surface area contributed by atoms with E-state index in [1.807, 2.05) is 0 Å². The van der Waals surface area contributed by atoms with E-state index in [4.69, 9.17) is 0 Å². The molecule has 1 N–H and O–H groups in total. The predicted octanol–water partition coefficient (Wildman–Crippen LogP) is 3.42. The molecule has 1 aliphatic heterocycles. The molecule has 0 aromatic carbocycles. The Balaban J connectivity index is 1.53. The van der Waals surface area contributed by atoms with E-state index in [1.54, 1.807) is 0 Å². The van der Waals surface area contributed by atoms with Crippen LogP contribution in [0, 0.1) is 5.92 Å². The molecule has 2 nitrogen and oxygen atoms in total. The fraction of sp³-hybridized carbons (Fsp3) is 1.00. The van der Waals surface area contributed by atoms with Gasteiger partial charge in [-0.25, -0.2) is 0 Å². The van der Waals surface area contributed by atoms with Gasteiger partial charge < -0.3 is 10.2 Å². The summed E-state index contributed by atoms with van der Waals surface area (Å²) in [6.45, 7) is 7.29. The van der Waals surface area contributed by atoms with Crippen LogP contribution in [0.15, 0.2) is 0 Å². The highest BCUT2D eigenvalue weighted by atomic mass is 15.2. The Labute approximate surface area is 114 Å². The molecule has 1 aliphatic carbocycles. The van der Waals surface area contributed by atoms with Gasteiger partial charge in [0.2, 0.25) is 0 Å². The molecule has 0 aromatic rings. The lowest BCUT2D eigenvalue weighted by Crippen LogP contribution is -2.42. The topological polar surface area (TPSA) is 15.3 Å². The Bertz CT molecular complexity index is 217. The molecule has 2 aliphatic rings. The van der Waals surface area contributed by atoms with E-state index in [0.717, 1.165) is 18.5 Å². The summed E-state index contributed by atoms with van der Waals surface area (Å²) in [5, 5.41) is 3.41. The molecule has 0 spiro atoms. The Morgan fingerprint density at radius 3 is 2.72 bits per heavy atom. The Hall–Kier alpha value is -0.0800. The number of hydrogen-bond donors (Lipinski definition) is 1. The van der Waals surface area contributed by atoms with Crippen LogP contribution < -0.4 is 5.32 Å². The Kier molecular flexibility index (Phi) is 6.50. The molecular weight excluding hydrogens is 220 g/mol. The zero-order valence-corrected chi connectivity index (χ0v) is 12.3. The first-order valence-corrected chi connectivity index (χ1v) is 8.36. The summed E-state index contributed by atoms with van der Waals surface area (Å²) in [5.74, 6) is 1.06. The predicted molar refractivity (Wildman–Crippen MR) is 78.9 cm³/mol. The largest absolute Gasteiger partial charge is 0.317 e. The molecule has 2 heteroatoms. The number of nitrogens with zero attached hydrogens (tertiary/aromatic N) is 1. The van der Waals surface area contributed by atoms with E-state index in [9.17, 15) is 0 Å². The van der Waals surface area contributed by atoms with Crippen molar-refractivity contribution in [1.29, 1.82) is 0 Å². The fourth-order valence-electron chi connectivity index (χ4n) is 3.93. The van der Waals surface area contributed by atoms with E-state index >= 15 is 0 Å². The Morgan fingerprint density at radius 2 is 1.83 bits per heavy atom. The molecular formula is C16H32N2. The molecule has 106 valence electrons. The summed E-state index contributed by atoms with van der Waals surface area (Å²) in [4.78, 5) is 2.82.